The molecule has 0 spiro atoms. The molecule has 0 amide bonds. The van der Waals surface area contributed by atoms with E-state index in [-0.39, 0.29) is 5.75 Å². The van der Waals surface area contributed by atoms with Crippen molar-refractivity contribution >= 4 is 26.8 Å². The van der Waals surface area contributed by atoms with E-state index in [4.69, 9.17) is 4.74 Å². The number of pyridine rings is 1. The van der Waals surface area contributed by atoms with Gasteiger partial charge >= 0.3 is 0 Å². The van der Waals surface area contributed by atoms with E-state index in [0.29, 0.717) is 10.2 Å². The maximum Gasteiger partial charge on any atom is 0.201 e. The van der Waals surface area contributed by atoms with Gasteiger partial charge < -0.3 is 4.74 Å². The lowest BCUT2D eigenvalue weighted by atomic mass is 10.2. The van der Waals surface area contributed by atoms with Gasteiger partial charge in [-0.1, -0.05) is 28.1 Å². The third-order valence-electron chi connectivity index (χ3n) is 2.79. The summed E-state index contributed by atoms with van der Waals surface area (Å²) in [6.45, 7) is 0. The summed E-state index contributed by atoms with van der Waals surface area (Å²) in [5.41, 5.74) is 0.723. The van der Waals surface area contributed by atoms with Crippen LogP contribution in [-0.4, -0.2) is 4.98 Å². The quantitative estimate of drug-likeness (QED) is 0.610. The van der Waals surface area contributed by atoms with E-state index in [0.717, 1.165) is 17.0 Å². The third-order valence-corrected chi connectivity index (χ3v) is 3.25. The average molecular weight is 336 g/mol. The van der Waals surface area contributed by atoms with Crippen molar-refractivity contribution in [3.05, 3.63) is 64.8 Å². The van der Waals surface area contributed by atoms with Gasteiger partial charge in [0, 0.05) is 16.1 Å². The third kappa shape index (κ3) is 2.36. The van der Waals surface area contributed by atoms with Gasteiger partial charge in [-0.3, -0.25) is 4.98 Å². The van der Waals surface area contributed by atoms with E-state index in [1.807, 2.05) is 24.3 Å². The molecule has 0 aliphatic carbocycles. The number of para-hydroxylation sites is 1. The molecule has 0 aliphatic heterocycles. The van der Waals surface area contributed by atoms with Crippen LogP contribution in [-0.2, 0) is 0 Å². The van der Waals surface area contributed by atoms with E-state index in [2.05, 4.69) is 20.9 Å². The smallest absolute Gasteiger partial charge is 0.201 e. The maximum atomic E-state index is 13.7. The molecular formula is C15H8BrF2NO. The lowest BCUT2D eigenvalue weighted by molar-refractivity contribution is 0.418. The molecule has 2 aromatic carbocycles. The van der Waals surface area contributed by atoms with E-state index in [9.17, 15) is 8.78 Å². The number of hydrogen-bond donors (Lipinski definition) is 0. The first kappa shape index (κ1) is 13.0. The van der Waals surface area contributed by atoms with Crippen LogP contribution in [0.15, 0.2) is 53.1 Å². The van der Waals surface area contributed by atoms with Crippen LogP contribution in [0.3, 0.4) is 0 Å². The molecule has 0 N–H and O–H groups in total. The molecule has 3 rings (SSSR count). The number of rotatable bonds is 2. The molecule has 0 saturated carbocycles. The fraction of sp³-hybridized carbons (Fsp3) is 0. The standard InChI is InChI=1S/C15H8BrF2NO/c16-9-7-11(17)15(18)14(8-9)20-13-5-6-19-12-4-2-1-3-10(12)13/h1-8H. The van der Waals surface area contributed by atoms with Gasteiger partial charge in [0.15, 0.2) is 11.6 Å². The summed E-state index contributed by atoms with van der Waals surface area (Å²) in [5.74, 6) is -1.73. The molecule has 5 heteroatoms. The van der Waals surface area contributed by atoms with Gasteiger partial charge in [0.1, 0.15) is 5.75 Å². The van der Waals surface area contributed by atoms with Crippen molar-refractivity contribution in [2.45, 2.75) is 0 Å². The van der Waals surface area contributed by atoms with Gasteiger partial charge in [-0.2, -0.15) is 4.39 Å². The zero-order valence-electron chi connectivity index (χ0n) is 10.1. The molecule has 1 aromatic heterocycles. The number of aromatic nitrogens is 1. The number of hydrogen-bond acceptors (Lipinski definition) is 2. The van der Waals surface area contributed by atoms with E-state index in [1.54, 1.807) is 12.3 Å². The van der Waals surface area contributed by atoms with Crippen LogP contribution in [0, 0.1) is 11.6 Å². The van der Waals surface area contributed by atoms with Crippen LogP contribution in [0.25, 0.3) is 10.9 Å². The van der Waals surface area contributed by atoms with Crippen LogP contribution in [0.1, 0.15) is 0 Å². The highest BCUT2D eigenvalue weighted by molar-refractivity contribution is 9.10. The summed E-state index contributed by atoms with van der Waals surface area (Å²) in [5, 5.41) is 0.731. The predicted molar refractivity (Wildman–Crippen MR) is 75.9 cm³/mol. The molecule has 100 valence electrons. The molecule has 0 bridgehead atoms. The fourth-order valence-electron chi connectivity index (χ4n) is 1.88. The maximum absolute atomic E-state index is 13.7. The first-order valence-electron chi connectivity index (χ1n) is 5.81. The van der Waals surface area contributed by atoms with Gasteiger partial charge in [0.25, 0.3) is 0 Å². The van der Waals surface area contributed by atoms with Crippen LogP contribution in [0.2, 0.25) is 0 Å². The van der Waals surface area contributed by atoms with Crippen LogP contribution < -0.4 is 4.74 Å². The second kappa shape index (κ2) is 5.17. The molecular weight excluding hydrogens is 328 g/mol. The van der Waals surface area contributed by atoms with Crippen molar-refractivity contribution in [2.75, 3.05) is 0 Å². The Hall–Kier alpha value is -2.01. The highest BCUT2D eigenvalue weighted by Gasteiger charge is 2.13. The minimum atomic E-state index is -1.02. The van der Waals surface area contributed by atoms with E-state index >= 15 is 0 Å². The van der Waals surface area contributed by atoms with E-state index < -0.39 is 11.6 Å². The van der Waals surface area contributed by atoms with Gasteiger partial charge in [-0.15, -0.1) is 0 Å². The lowest BCUT2D eigenvalue weighted by Gasteiger charge is -2.10. The van der Waals surface area contributed by atoms with Crippen molar-refractivity contribution in [3.63, 3.8) is 0 Å². The largest absolute Gasteiger partial charge is 0.453 e. The minimum Gasteiger partial charge on any atom is -0.453 e. The van der Waals surface area contributed by atoms with Crippen LogP contribution in [0.4, 0.5) is 8.78 Å². The first-order chi connectivity index (χ1) is 9.65. The Labute approximate surface area is 122 Å². The Bertz CT molecular complexity index is 787. The fourth-order valence-corrected chi connectivity index (χ4v) is 2.29. The molecule has 0 unspecified atom stereocenters. The van der Waals surface area contributed by atoms with Crippen molar-refractivity contribution in [1.29, 1.82) is 0 Å². The normalized spacial score (nSPS) is 10.8. The summed E-state index contributed by atoms with van der Waals surface area (Å²) < 4.78 is 33.0. The highest BCUT2D eigenvalue weighted by Crippen LogP contribution is 2.32. The van der Waals surface area contributed by atoms with Gasteiger partial charge in [0.2, 0.25) is 5.82 Å². The number of nitrogens with zero attached hydrogens (tertiary/aromatic N) is 1. The molecule has 0 aliphatic rings. The minimum absolute atomic E-state index is 0.173. The molecule has 0 radical (unpaired) electrons. The average Bonchev–Trinajstić information content (AvgIpc) is 2.44. The first-order valence-corrected chi connectivity index (χ1v) is 6.60. The molecule has 2 nitrogen and oxygen atoms in total. The second-order valence-corrected chi connectivity index (χ2v) is 5.04. The number of ether oxygens (including phenoxy) is 1. The van der Waals surface area contributed by atoms with Crippen molar-refractivity contribution in [2.24, 2.45) is 0 Å². The number of fused-ring (bicyclic) bond motifs is 1. The monoisotopic (exact) mass is 335 g/mol. The predicted octanol–water partition coefficient (Wildman–Crippen LogP) is 5.07. The molecule has 0 saturated heterocycles. The lowest BCUT2D eigenvalue weighted by Crippen LogP contribution is -1.93. The number of benzene rings is 2. The SMILES string of the molecule is Fc1cc(Br)cc(Oc2ccnc3ccccc23)c1F. The zero-order chi connectivity index (χ0) is 14.1. The summed E-state index contributed by atoms with van der Waals surface area (Å²) in [7, 11) is 0. The molecule has 3 aromatic rings. The van der Waals surface area contributed by atoms with Crippen molar-refractivity contribution in [3.8, 4) is 11.5 Å². The Morgan fingerprint density at radius 2 is 1.80 bits per heavy atom. The molecule has 1 heterocycles. The van der Waals surface area contributed by atoms with Crippen molar-refractivity contribution < 1.29 is 13.5 Å². The topological polar surface area (TPSA) is 22.1 Å². The second-order valence-electron chi connectivity index (χ2n) is 4.13. The summed E-state index contributed by atoms with van der Waals surface area (Å²) in [6.07, 6.45) is 1.56. The summed E-state index contributed by atoms with van der Waals surface area (Å²) in [4.78, 5) is 4.18. The van der Waals surface area contributed by atoms with E-state index in [1.165, 1.54) is 6.07 Å². The zero-order valence-corrected chi connectivity index (χ0v) is 11.7. The van der Waals surface area contributed by atoms with Crippen LogP contribution >= 0.6 is 15.9 Å². The molecule has 20 heavy (non-hydrogen) atoms. The number of halogens is 3. The van der Waals surface area contributed by atoms with Crippen molar-refractivity contribution in [1.82, 2.24) is 4.98 Å². The van der Waals surface area contributed by atoms with Crippen LogP contribution in [0.5, 0.6) is 11.5 Å². The Kier molecular flexibility index (Phi) is 3.36. The highest BCUT2D eigenvalue weighted by atomic mass is 79.9. The Morgan fingerprint density at radius 3 is 2.65 bits per heavy atom. The van der Waals surface area contributed by atoms with Gasteiger partial charge in [-0.05, 0) is 30.3 Å². The van der Waals surface area contributed by atoms with Gasteiger partial charge in [0.05, 0.1) is 5.52 Å². The Morgan fingerprint density at radius 1 is 1.00 bits per heavy atom. The molecule has 0 fully saturated rings. The Balaban J connectivity index is 2.10. The summed E-state index contributed by atoms with van der Waals surface area (Å²) in [6, 6.07) is 11.3. The van der Waals surface area contributed by atoms with Gasteiger partial charge in [-0.25, -0.2) is 4.39 Å². The summed E-state index contributed by atoms with van der Waals surface area (Å²) >= 11 is 3.11. The molecule has 0 atom stereocenters.